The minimum atomic E-state index is 0.734. The van der Waals surface area contributed by atoms with Crippen molar-refractivity contribution in [3.05, 3.63) is 0 Å². The SMILES string of the molecule is CCN1CC2(CCN(I)CC2)C1. The second-order valence-corrected chi connectivity index (χ2v) is 5.58. The van der Waals surface area contributed by atoms with Crippen LogP contribution < -0.4 is 0 Å². The van der Waals surface area contributed by atoms with Crippen molar-refractivity contribution in [1.82, 2.24) is 8.01 Å². The minimum absolute atomic E-state index is 0.734. The van der Waals surface area contributed by atoms with Gasteiger partial charge in [0.05, 0.1) is 0 Å². The Labute approximate surface area is 88.8 Å². The highest BCUT2D eigenvalue weighted by Crippen LogP contribution is 2.40. The van der Waals surface area contributed by atoms with Crippen LogP contribution in [0.4, 0.5) is 0 Å². The van der Waals surface area contributed by atoms with Gasteiger partial charge in [-0.05, 0) is 24.8 Å². The van der Waals surface area contributed by atoms with Gasteiger partial charge in [0.1, 0.15) is 0 Å². The summed E-state index contributed by atoms with van der Waals surface area (Å²) in [4.78, 5) is 2.56. The van der Waals surface area contributed by atoms with E-state index in [2.05, 4.69) is 37.8 Å². The molecule has 0 aromatic heterocycles. The second-order valence-electron chi connectivity index (χ2n) is 4.21. The molecule has 12 heavy (non-hydrogen) atoms. The predicted molar refractivity (Wildman–Crippen MR) is 59.4 cm³/mol. The summed E-state index contributed by atoms with van der Waals surface area (Å²) in [5.74, 6) is 0. The van der Waals surface area contributed by atoms with Gasteiger partial charge >= 0.3 is 0 Å². The van der Waals surface area contributed by atoms with E-state index < -0.39 is 0 Å². The summed E-state index contributed by atoms with van der Waals surface area (Å²) in [5, 5.41) is 0. The summed E-state index contributed by atoms with van der Waals surface area (Å²) >= 11 is 2.45. The summed E-state index contributed by atoms with van der Waals surface area (Å²) in [6, 6.07) is 0. The first-order valence-corrected chi connectivity index (χ1v) is 5.84. The van der Waals surface area contributed by atoms with E-state index in [9.17, 15) is 0 Å². The van der Waals surface area contributed by atoms with Gasteiger partial charge in [-0.2, -0.15) is 0 Å². The summed E-state index contributed by atoms with van der Waals surface area (Å²) in [6.45, 7) is 8.86. The van der Waals surface area contributed by atoms with Crippen LogP contribution in [0.3, 0.4) is 0 Å². The van der Waals surface area contributed by atoms with Gasteiger partial charge < -0.3 is 4.90 Å². The molecular weight excluding hydrogens is 263 g/mol. The molecule has 2 aliphatic rings. The number of nitrogens with zero attached hydrogens (tertiary/aromatic N) is 2. The van der Waals surface area contributed by atoms with Crippen LogP contribution in [0.2, 0.25) is 0 Å². The molecule has 0 aromatic rings. The molecule has 0 bridgehead atoms. The molecule has 70 valence electrons. The van der Waals surface area contributed by atoms with E-state index >= 15 is 0 Å². The quantitative estimate of drug-likeness (QED) is 0.533. The van der Waals surface area contributed by atoms with Crippen molar-refractivity contribution < 1.29 is 0 Å². The lowest BCUT2D eigenvalue weighted by atomic mass is 9.72. The Bertz CT molecular complexity index is 148. The first-order valence-electron chi connectivity index (χ1n) is 4.87. The summed E-state index contributed by atoms with van der Waals surface area (Å²) in [7, 11) is 0. The van der Waals surface area contributed by atoms with Crippen LogP contribution in [-0.2, 0) is 0 Å². The third-order valence-electron chi connectivity index (χ3n) is 3.33. The van der Waals surface area contributed by atoms with E-state index in [0.717, 1.165) is 5.41 Å². The topological polar surface area (TPSA) is 6.48 Å². The van der Waals surface area contributed by atoms with Crippen molar-refractivity contribution >= 4 is 22.9 Å². The maximum absolute atomic E-state index is 2.56. The van der Waals surface area contributed by atoms with E-state index in [1.54, 1.807) is 0 Å². The average Bonchev–Trinajstić information content (AvgIpc) is 2.02. The van der Waals surface area contributed by atoms with E-state index in [0.29, 0.717) is 0 Å². The van der Waals surface area contributed by atoms with Crippen molar-refractivity contribution in [2.75, 3.05) is 32.7 Å². The number of hydrogen-bond donors (Lipinski definition) is 0. The van der Waals surface area contributed by atoms with E-state index in [1.807, 2.05) is 0 Å². The molecule has 0 amide bonds. The molecule has 2 aliphatic heterocycles. The summed E-state index contributed by atoms with van der Waals surface area (Å²) in [6.07, 6.45) is 2.85. The zero-order chi connectivity index (χ0) is 8.60. The van der Waals surface area contributed by atoms with Gasteiger partial charge in [-0.1, -0.05) is 6.92 Å². The second kappa shape index (κ2) is 3.42. The standard InChI is InChI=1S/C9H17IN2/c1-2-11-7-9(8-11)3-5-12(10)6-4-9/h2-8H2,1H3. The van der Waals surface area contributed by atoms with Crippen LogP contribution in [0.25, 0.3) is 0 Å². The molecule has 0 radical (unpaired) electrons. The maximum Gasteiger partial charge on any atom is 0.0201 e. The minimum Gasteiger partial charge on any atom is -0.302 e. The fourth-order valence-corrected chi connectivity index (χ4v) is 2.88. The number of piperidine rings is 1. The smallest absolute Gasteiger partial charge is 0.0201 e. The third-order valence-corrected chi connectivity index (χ3v) is 4.30. The molecular formula is C9H17IN2. The van der Waals surface area contributed by atoms with Crippen molar-refractivity contribution in [2.45, 2.75) is 19.8 Å². The summed E-state index contributed by atoms with van der Waals surface area (Å²) < 4.78 is 2.43. The number of likely N-dealkylation sites (tertiary alicyclic amines) is 1. The normalized spacial score (nSPS) is 30.5. The maximum atomic E-state index is 2.56. The first-order chi connectivity index (χ1) is 5.74. The predicted octanol–water partition coefficient (Wildman–Crippen LogP) is 1.75. The largest absolute Gasteiger partial charge is 0.302 e. The third kappa shape index (κ3) is 1.63. The highest BCUT2D eigenvalue weighted by Gasteiger charge is 2.43. The van der Waals surface area contributed by atoms with Gasteiger partial charge in [0.15, 0.2) is 0 Å². The van der Waals surface area contributed by atoms with Crippen LogP contribution >= 0.6 is 22.9 Å². The number of halogens is 1. The Morgan fingerprint density at radius 1 is 1.25 bits per heavy atom. The molecule has 0 saturated carbocycles. The van der Waals surface area contributed by atoms with Crippen LogP contribution in [0.5, 0.6) is 0 Å². The van der Waals surface area contributed by atoms with Crippen molar-refractivity contribution in [1.29, 1.82) is 0 Å². The number of hydrogen-bond acceptors (Lipinski definition) is 2. The Kier molecular flexibility index (Phi) is 2.63. The van der Waals surface area contributed by atoms with E-state index in [1.165, 1.54) is 45.6 Å². The van der Waals surface area contributed by atoms with Gasteiger partial charge in [-0.15, -0.1) is 0 Å². The van der Waals surface area contributed by atoms with Crippen LogP contribution in [0.1, 0.15) is 19.8 Å². The molecule has 2 fully saturated rings. The monoisotopic (exact) mass is 280 g/mol. The Hall–Kier alpha value is 0.650. The molecule has 0 N–H and O–H groups in total. The van der Waals surface area contributed by atoms with Crippen LogP contribution in [0.15, 0.2) is 0 Å². The zero-order valence-corrected chi connectivity index (χ0v) is 9.88. The molecule has 3 heteroatoms. The molecule has 2 nitrogen and oxygen atoms in total. The van der Waals surface area contributed by atoms with Gasteiger partial charge in [-0.3, -0.25) is 0 Å². The molecule has 2 heterocycles. The summed E-state index contributed by atoms with van der Waals surface area (Å²) in [5.41, 5.74) is 0.734. The van der Waals surface area contributed by atoms with Gasteiger partial charge in [0, 0.05) is 49.0 Å². The van der Waals surface area contributed by atoms with E-state index in [-0.39, 0.29) is 0 Å². The van der Waals surface area contributed by atoms with Gasteiger partial charge in [0.25, 0.3) is 0 Å². The fraction of sp³-hybridized carbons (Fsp3) is 1.00. The highest BCUT2D eigenvalue weighted by atomic mass is 127. The number of rotatable bonds is 1. The fourth-order valence-electron chi connectivity index (χ4n) is 2.40. The first kappa shape index (κ1) is 9.21. The van der Waals surface area contributed by atoms with Gasteiger partial charge in [0.2, 0.25) is 0 Å². The Morgan fingerprint density at radius 2 is 1.83 bits per heavy atom. The molecule has 0 aliphatic carbocycles. The van der Waals surface area contributed by atoms with Gasteiger partial charge in [-0.25, -0.2) is 3.11 Å². The van der Waals surface area contributed by atoms with E-state index in [4.69, 9.17) is 0 Å². The van der Waals surface area contributed by atoms with Crippen LogP contribution in [0, 0.1) is 5.41 Å². The van der Waals surface area contributed by atoms with Crippen LogP contribution in [-0.4, -0.2) is 40.7 Å². The lowest BCUT2D eigenvalue weighted by Gasteiger charge is -2.53. The van der Waals surface area contributed by atoms with Crippen molar-refractivity contribution in [3.63, 3.8) is 0 Å². The molecule has 0 unspecified atom stereocenters. The molecule has 2 rings (SSSR count). The highest BCUT2D eigenvalue weighted by molar-refractivity contribution is 14.1. The molecule has 0 aromatic carbocycles. The lowest BCUT2D eigenvalue weighted by molar-refractivity contribution is -0.0274. The Balaban J connectivity index is 1.83. The van der Waals surface area contributed by atoms with Crippen molar-refractivity contribution in [2.24, 2.45) is 5.41 Å². The Morgan fingerprint density at radius 3 is 2.33 bits per heavy atom. The molecule has 2 saturated heterocycles. The van der Waals surface area contributed by atoms with Crippen molar-refractivity contribution in [3.8, 4) is 0 Å². The average molecular weight is 280 g/mol. The molecule has 0 atom stereocenters. The molecule has 1 spiro atoms. The zero-order valence-electron chi connectivity index (χ0n) is 7.72. The lowest BCUT2D eigenvalue weighted by Crippen LogP contribution is -2.59.